The van der Waals surface area contributed by atoms with Crippen LogP contribution in [0.3, 0.4) is 0 Å². The molecule has 1 N–H and O–H groups in total. The molecule has 3 rings (SSSR count). The molecule has 7 nitrogen and oxygen atoms in total. The Morgan fingerprint density at radius 1 is 1.12 bits per heavy atom. The molecule has 0 heterocycles. The van der Waals surface area contributed by atoms with E-state index in [1.54, 1.807) is 24.3 Å². The average Bonchev–Trinajstić information content (AvgIpc) is 2.79. The van der Waals surface area contributed by atoms with Crippen molar-refractivity contribution in [2.45, 2.75) is 12.8 Å². The molecule has 0 radical (unpaired) electrons. The van der Waals surface area contributed by atoms with Crippen LogP contribution in [0, 0.1) is 15.9 Å². The van der Waals surface area contributed by atoms with Gasteiger partial charge in [-0.2, -0.15) is 18.3 Å². The summed E-state index contributed by atoms with van der Waals surface area (Å²) in [5.41, 5.74) is 1.50. The van der Waals surface area contributed by atoms with Gasteiger partial charge in [0, 0.05) is 16.1 Å². The van der Waals surface area contributed by atoms with E-state index in [1.807, 2.05) is 0 Å². The van der Waals surface area contributed by atoms with Crippen molar-refractivity contribution in [2.24, 2.45) is 5.10 Å². The van der Waals surface area contributed by atoms with Gasteiger partial charge < -0.3 is 9.47 Å². The van der Waals surface area contributed by atoms with Gasteiger partial charge >= 0.3 is 6.18 Å². The topological polar surface area (TPSA) is 86.0 Å². The molecule has 0 aliphatic carbocycles. The van der Waals surface area contributed by atoms with Gasteiger partial charge in [-0.3, -0.25) is 15.5 Å². The summed E-state index contributed by atoms with van der Waals surface area (Å²) in [6, 6.07) is 11.1. The number of hydrogen-bond donors (Lipinski definition) is 1. The first-order valence-electron chi connectivity index (χ1n) is 9.48. The molecule has 0 bridgehead atoms. The summed E-state index contributed by atoms with van der Waals surface area (Å²) in [5, 5.41) is 15.1. The maximum absolute atomic E-state index is 13.0. The molecule has 0 amide bonds. The minimum Gasteiger partial charge on any atom is -0.493 e. The molecule has 0 unspecified atom stereocenters. The number of hydrogen-bond acceptors (Lipinski definition) is 6. The van der Waals surface area contributed by atoms with E-state index < -0.39 is 22.4 Å². The Kier molecular flexibility index (Phi) is 7.72. The van der Waals surface area contributed by atoms with Gasteiger partial charge in [-0.25, -0.2) is 4.39 Å². The van der Waals surface area contributed by atoms with Crippen molar-refractivity contribution in [3.8, 4) is 11.5 Å². The Hall–Kier alpha value is -3.67. The summed E-state index contributed by atoms with van der Waals surface area (Å²) >= 11 is 3.36. The van der Waals surface area contributed by atoms with Crippen LogP contribution in [0.15, 0.2) is 64.2 Å². The van der Waals surface area contributed by atoms with Gasteiger partial charge in [-0.05, 0) is 57.9 Å². The standard InChI is InChI=1S/C22H16BrF4N3O4/c1-33-20-8-14(17(23)10-21(20)34-12-13-2-5-16(24)6-3-13)11-28-29-18-7-4-15(22(25,26)27)9-19(18)30(31)32/h2-11,29H,12H2,1H3/b28-11-. The lowest BCUT2D eigenvalue weighted by molar-refractivity contribution is -0.384. The third-order valence-corrected chi connectivity index (χ3v) is 5.19. The van der Waals surface area contributed by atoms with Crippen LogP contribution in [-0.4, -0.2) is 18.2 Å². The summed E-state index contributed by atoms with van der Waals surface area (Å²) in [6.07, 6.45) is -3.41. The summed E-state index contributed by atoms with van der Waals surface area (Å²) in [4.78, 5) is 10.2. The fourth-order valence-electron chi connectivity index (χ4n) is 2.79. The normalized spacial score (nSPS) is 11.5. The van der Waals surface area contributed by atoms with Crippen LogP contribution in [-0.2, 0) is 12.8 Å². The first kappa shape index (κ1) is 25.0. The van der Waals surface area contributed by atoms with Gasteiger partial charge in [0.15, 0.2) is 11.5 Å². The van der Waals surface area contributed by atoms with Crippen molar-refractivity contribution >= 4 is 33.5 Å². The summed E-state index contributed by atoms with van der Waals surface area (Å²) in [6.45, 7) is 0.162. The number of ether oxygens (including phenoxy) is 2. The molecule has 178 valence electrons. The highest BCUT2D eigenvalue weighted by atomic mass is 79.9. The number of nitro benzene ring substituents is 1. The van der Waals surface area contributed by atoms with Crippen LogP contribution >= 0.6 is 15.9 Å². The molecule has 0 atom stereocenters. The molecule has 12 heteroatoms. The van der Waals surface area contributed by atoms with Crippen LogP contribution in [0.1, 0.15) is 16.7 Å². The SMILES string of the molecule is COc1cc(/C=N\Nc2ccc(C(F)(F)F)cc2[N+](=O)[O-])c(Br)cc1OCc1ccc(F)cc1. The number of anilines is 1. The van der Waals surface area contributed by atoms with E-state index in [0.717, 1.165) is 17.7 Å². The highest BCUT2D eigenvalue weighted by Crippen LogP contribution is 2.36. The number of rotatable bonds is 8. The van der Waals surface area contributed by atoms with Crippen LogP contribution < -0.4 is 14.9 Å². The molecule has 0 aromatic heterocycles. The fourth-order valence-corrected chi connectivity index (χ4v) is 3.21. The van der Waals surface area contributed by atoms with E-state index >= 15 is 0 Å². The van der Waals surface area contributed by atoms with E-state index in [0.29, 0.717) is 27.6 Å². The molecule has 0 saturated carbocycles. The van der Waals surface area contributed by atoms with Crippen LogP contribution in [0.25, 0.3) is 0 Å². The van der Waals surface area contributed by atoms with Crippen molar-refractivity contribution < 1.29 is 32.0 Å². The number of benzene rings is 3. The molecule has 0 spiro atoms. The maximum Gasteiger partial charge on any atom is 0.416 e. The van der Waals surface area contributed by atoms with Crippen LogP contribution in [0.5, 0.6) is 11.5 Å². The molecule has 34 heavy (non-hydrogen) atoms. The number of nitrogens with one attached hydrogen (secondary N) is 1. The molecular weight excluding hydrogens is 526 g/mol. The number of hydrazone groups is 1. The van der Waals surface area contributed by atoms with Crippen molar-refractivity contribution in [2.75, 3.05) is 12.5 Å². The van der Waals surface area contributed by atoms with E-state index in [2.05, 4.69) is 26.5 Å². The van der Waals surface area contributed by atoms with Crippen LogP contribution in [0.2, 0.25) is 0 Å². The van der Waals surface area contributed by atoms with E-state index in [-0.39, 0.29) is 18.1 Å². The maximum atomic E-state index is 13.0. The summed E-state index contributed by atoms with van der Waals surface area (Å²) in [7, 11) is 1.43. The van der Waals surface area contributed by atoms with E-state index in [9.17, 15) is 27.7 Å². The fraction of sp³-hybridized carbons (Fsp3) is 0.136. The van der Waals surface area contributed by atoms with E-state index in [4.69, 9.17) is 9.47 Å². The predicted molar refractivity (Wildman–Crippen MR) is 121 cm³/mol. The molecule has 0 saturated heterocycles. The number of methoxy groups -OCH3 is 1. The summed E-state index contributed by atoms with van der Waals surface area (Å²) < 4.78 is 63.2. The molecule has 3 aromatic rings. The third-order valence-electron chi connectivity index (χ3n) is 4.50. The second-order valence-corrected chi connectivity index (χ2v) is 7.65. The van der Waals surface area contributed by atoms with Gasteiger partial charge in [0.25, 0.3) is 5.69 Å². The van der Waals surface area contributed by atoms with Gasteiger partial charge in [0.1, 0.15) is 18.1 Å². The lowest BCUT2D eigenvalue weighted by atomic mass is 10.1. The predicted octanol–water partition coefficient (Wildman–Crippen LogP) is 6.55. The Morgan fingerprint density at radius 3 is 2.44 bits per heavy atom. The van der Waals surface area contributed by atoms with Crippen molar-refractivity contribution in [1.29, 1.82) is 0 Å². The van der Waals surface area contributed by atoms with E-state index in [1.165, 1.54) is 25.5 Å². The van der Waals surface area contributed by atoms with Crippen LogP contribution in [0.4, 0.5) is 28.9 Å². The van der Waals surface area contributed by atoms with Gasteiger partial charge in [-0.1, -0.05) is 12.1 Å². The molecular formula is C22H16BrF4N3O4. The van der Waals surface area contributed by atoms with Gasteiger partial charge in [0.2, 0.25) is 0 Å². The number of nitro groups is 1. The van der Waals surface area contributed by atoms with Crippen molar-refractivity contribution in [3.05, 3.63) is 91.7 Å². The number of nitrogens with zero attached hydrogens (tertiary/aromatic N) is 2. The Labute approximate surface area is 199 Å². The largest absolute Gasteiger partial charge is 0.493 e. The number of alkyl halides is 3. The summed E-state index contributed by atoms with van der Waals surface area (Å²) in [5.74, 6) is 0.386. The quantitative estimate of drug-likeness (QED) is 0.151. The third kappa shape index (κ3) is 6.22. The Bertz CT molecular complexity index is 1220. The van der Waals surface area contributed by atoms with Gasteiger partial charge in [0.05, 0.1) is 23.8 Å². The molecule has 3 aromatic carbocycles. The minimum absolute atomic E-state index is 0.162. The van der Waals surface area contributed by atoms with Crippen molar-refractivity contribution in [3.63, 3.8) is 0 Å². The number of halogens is 5. The lowest BCUT2D eigenvalue weighted by Crippen LogP contribution is -2.06. The second-order valence-electron chi connectivity index (χ2n) is 6.80. The lowest BCUT2D eigenvalue weighted by Gasteiger charge is -2.13. The zero-order chi connectivity index (χ0) is 24.9. The average molecular weight is 542 g/mol. The highest BCUT2D eigenvalue weighted by Gasteiger charge is 2.33. The van der Waals surface area contributed by atoms with Gasteiger partial charge in [-0.15, -0.1) is 0 Å². The first-order valence-corrected chi connectivity index (χ1v) is 10.3. The van der Waals surface area contributed by atoms with Crippen molar-refractivity contribution in [1.82, 2.24) is 0 Å². The molecule has 0 fully saturated rings. The Morgan fingerprint density at radius 2 is 1.82 bits per heavy atom. The monoisotopic (exact) mass is 541 g/mol. The Balaban J connectivity index is 1.77. The zero-order valence-corrected chi connectivity index (χ0v) is 19.0. The molecule has 0 aliphatic heterocycles. The highest BCUT2D eigenvalue weighted by molar-refractivity contribution is 9.10. The minimum atomic E-state index is -4.71. The molecule has 0 aliphatic rings. The first-order chi connectivity index (χ1) is 16.1. The smallest absolute Gasteiger partial charge is 0.416 e. The zero-order valence-electron chi connectivity index (χ0n) is 17.4. The second kappa shape index (κ2) is 10.5.